The van der Waals surface area contributed by atoms with Crippen molar-refractivity contribution in [2.24, 2.45) is 0 Å². The smallest absolute Gasteiger partial charge is 0.336 e. The summed E-state index contributed by atoms with van der Waals surface area (Å²) in [6.07, 6.45) is 0.734. The van der Waals surface area contributed by atoms with E-state index >= 15 is 0 Å². The molecule has 0 saturated heterocycles. The summed E-state index contributed by atoms with van der Waals surface area (Å²) in [6, 6.07) is 3.22. The van der Waals surface area contributed by atoms with E-state index in [0.29, 0.717) is 27.5 Å². The maximum Gasteiger partial charge on any atom is 0.336 e. The standard InChI is InChI=1S/C15H14Cl2N2O2/c1-2-19-4-3-12-10(7-19)13(15(20)21)9-5-8(16)6-11(17)14(9)18-12/h5-6H,2-4,7H2,1H3,(H,20,21). The van der Waals surface area contributed by atoms with Crippen LogP contribution in [0.15, 0.2) is 12.1 Å². The second kappa shape index (κ2) is 5.44. The van der Waals surface area contributed by atoms with E-state index < -0.39 is 5.97 Å². The number of nitrogens with zero attached hydrogens (tertiary/aromatic N) is 2. The van der Waals surface area contributed by atoms with Crippen LogP contribution in [0.4, 0.5) is 0 Å². The molecule has 0 spiro atoms. The fourth-order valence-corrected chi connectivity index (χ4v) is 3.37. The summed E-state index contributed by atoms with van der Waals surface area (Å²) < 4.78 is 0. The monoisotopic (exact) mass is 324 g/mol. The second-order valence-corrected chi connectivity index (χ2v) is 5.96. The van der Waals surface area contributed by atoms with E-state index in [1.807, 2.05) is 0 Å². The van der Waals surface area contributed by atoms with Crippen molar-refractivity contribution in [3.05, 3.63) is 39.0 Å². The van der Waals surface area contributed by atoms with Gasteiger partial charge in [-0.25, -0.2) is 4.79 Å². The molecule has 0 unspecified atom stereocenters. The van der Waals surface area contributed by atoms with Crippen molar-refractivity contribution in [1.29, 1.82) is 0 Å². The van der Waals surface area contributed by atoms with Crippen molar-refractivity contribution in [1.82, 2.24) is 9.88 Å². The quantitative estimate of drug-likeness (QED) is 0.916. The largest absolute Gasteiger partial charge is 0.478 e. The third kappa shape index (κ3) is 2.48. The number of fused-ring (bicyclic) bond motifs is 2. The highest BCUT2D eigenvalue weighted by atomic mass is 35.5. The summed E-state index contributed by atoms with van der Waals surface area (Å²) in [5.74, 6) is -0.963. The lowest BCUT2D eigenvalue weighted by molar-refractivity contribution is 0.0695. The van der Waals surface area contributed by atoms with Gasteiger partial charge in [-0.05, 0) is 18.7 Å². The average molecular weight is 325 g/mol. The molecule has 1 N–H and O–H groups in total. The first-order chi connectivity index (χ1) is 10.0. The van der Waals surface area contributed by atoms with Crippen LogP contribution in [0.5, 0.6) is 0 Å². The Morgan fingerprint density at radius 1 is 1.43 bits per heavy atom. The van der Waals surface area contributed by atoms with E-state index in [0.717, 1.165) is 30.8 Å². The van der Waals surface area contributed by atoms with Gasteiger partial charge in [-0.3, -0.25) is 9.88 Å². The van der Waals surface area contributed by atoms with Crippen LogP contribution < -0.4 is 0 Å². The summed E-state index contributed by atoms with van der Waals surface area (Å²) in [5, 5.41) is 11.0. The molecule has 0 saturated carbocycles. The van der Waals surface area contributed by atoms with Gasteiger partial charge in [-0.1, -0.05) is 30.1 Å². The fourth-order valence-electron chi connectivity index (χ4n) is 2.84. The van der Waals surface area contributed by atoms with Crippen LogP contribution in [-0.4, -0.2) is 34.0 Å². The van der Waals surface area contributed by atoms with E-state index in [-0.39, 0.29) is 5.56 Å². The number of pyridine rings is 1. The van der Waals surface area contributed by atoms with Gasteiger partial charge in [-0.2, -0.15) is 0 Å². The first-order valence-corrected chi connectivity index (χ1v) is 7.53. The minimum absolute atomic E-state index is 0.276. The Morgan fingerprint density at radius 2 is 2.19 bits per heavy atom. The lowest BCUT2D eigenvalue weighted by Crippen LogP contribution is -2.32. The van der Waals surface area contributed by atoms with Crippen molar-refractivity contribution in [3.63, 3.8) is 0 Å². The molecule has 1 aliphatic rings. The molecule has 21 heavy (non-hydrogen) atoms. The van der Waals surface area contributed by atoms with Gasteiger partial charge in [-0.15, -0.1) is 0 Å². The summed E-state index contributed by atoms with van der Waals surface area (Å²) in [7, 11) is 0. The Labute approximate surface area is 132 Å². The molecule has 3 rings (SSSR count). The fraction of sp³-hybridized carbons (Fsp3) is 0.333. The van der Waals surface area contributed by atoms with E-state index in [2.05, 4.69) is 16.8 Å². The minimum atomic E-state index is -0.963. The number of hydrogen-bond donors (Lipinski definition) is 1. The van der Waals surface area contributed by atoms with Gasteiger partial charge in [0.25, 0.3) is 0 Å². The Morgan fingerprint density at radius 3 is 2.86 bits per heavy atom. The summed E-state index contributed by atoms with van der Waals surface area (Å²) >= 11 is 12.2. The molecule has 0 atom stereocenters. The van der Waals surface area contributed by atoms with E-state index in [1.165, 1.54) is 0 Å². The predicted octanol–water partition coefficient (Wildman–Crippen LogP) is 3.62. The van der Waals surface area contributed by atoms with Crippen molar-refractivity contribution in [2.75, 3.05) is 13.1 Å². The van der Waals surface area contributed by atoms with Gasteiger partial charge < -0.3 is 5.11 Å². The SMILES string of the molecule is CCN1CCc2nc3c(Cl)cc(Cl)cc3c(C(=O)O)c2C1. The van der Waals surface area contributed by atoms with Crippen molar-refractivity contribution < 1.29 is 9.90 Å². The van der Waals surface area contributed by atoms with Gasteiger partial charge in [0.15, 0.2) is 0 Å². The molecular formula is C15H14Cl2N2O2. The number of carboxylic acids is 1. The van der Waals surface area contributed by atoms with Crippen LogP contribution in [0.25, 0.3) is 10.9 Å². The molecule has 0 aliphatic carbocycles. The van der Waals surface area contributed by atoms with Crippen LogP contribution in [0.3, 0.4) is 0 Å². The number of rotatable bonds is 2. The average Bonchev–Trinajstić information content (AvgIpc) is 2.44. The lowest BCUT2D eigenvalue weighted by Gasteiger charge is -2.28. The predicted molar refractivity (Wildman–Crippen MR) is 83.4 cm³/mol. The van der Waals surface area contributed by atoms with Gasteiger partial charge >= 0.3 is 5.97 Å². The van der Waals surface area contributed by atoms with Gasteiger partial charge in [0.2, 0.25) is 0 Å². The number of aromatic nitrogens is 1. The molecule has 2 aromatic rings. The van der Waals surface area contributed by atoms with Crippen LogP contribution in [-0.2, 0) is 13.0 Å². The molecule has 0 fully saturated rings. The lowest BCUT2D eigenvalue weighted by atomic mass is 9.96. The number of carboxylic acid groups (broad SMARTS) is 1. The molecule has 0 amide bonds. The molecule has 1 aliphatic heterocycles. The zero-order valence-corrected chi connectivity index (χ0v) is 13.0. The van der Waals surface area contributed by atoms with E-state index in [4.69, 9.17) is 23.2 Å². The van der Waals surface area contributed by atoms with Crippen LogP contribution >= 0.6 is 23.2 Å². The zero-order valence-electron chi connectivity index (χ0n) is 11.5. The van der Waals surface area contributed by atoms with Crippen molar-refractivity contribution >= 4 is 40.1 Å². The van der Waals surface area contributed by atoms with Crippen LogP contribution in [0.2, 0.25) is 10.0 Å². The molecular weight excluding hydrogens is 311 g/mol. The summed E-state index contributed by atoms with van der Waals surface area (Å²) in [5.41, 5.74) is 2.40. The van der Waals surface area contributed by atoms with Crippen molar-refractivity contribution in [3.8, 4) is 0 Å². The van der Waals surface area contributed by atoms with Gasteiger partial charge in [0.1, 0.15) is 0 Å². The first-order valence-electron chi connectivity index (χ1n) is 6.77. The highest BCUT2D eigenvalue weighted by Crippen LogP contribution is 2.33. The summed E-state index contributed by atoms with van der Waals surface area (Å²) in [6.45, 7) is 4.42. The number of halogens is 2. The van der Waals surface area contributed by atoms with Crippen molar-refractivity contribution in [2.45, 2.75) is 19.9 Å². The first kappa shape index (κ1) is 14.6. The molecule has 1 aromatic heterocycles. The second-order valence-electron chi connectivity index (χ2n) is 5.12. The number of hydrogen-bond acceptors (Lipinski definition) is 3. The normalized spacial score (nSPS) is 15.2. The molecule has 1 aromatic carbocycles. The topological polar surface area (TPSA) is 53.4 Å². The molecule has 0 radical (unpaired) electrons. The maximum atomic E-state index is 11.8. The Balaban J connectivity index is 2.35. The molecule has 0 bridgehead atoms. The maximum absolute atomic E-state index is 11.8. The minimum Gasteiger partial charge on any atom is -0.478 e. The highest BCUT2D eigenvalue weighted by Gasteiger charge is 2.26. The van der Waals surface area contributed by atoms with E-state index in [1.54, 1.807) is 12.1 Å². The Hall–Kier alpha value is -1.36. The Bertz CT molecular complexity index is 746. The summed E-state index contributed by atoms with van der Waals surface area (Å²) in [4.78, 5) is 18.6. The number of carbonyl (C=O) groups is 1. The Kier molecular flexibility index (Phi) is 3.78. The third-order valence-corrected chi connectivity index (χ3v) is 4.41. The highest BCUT2D eigenvalue weighted by molar-refractivity contribution is 6.38. The number of likely N-dealkylation sites (N-methyl/N-ethyl adjacent to an activating group) is 1. The molecule has 110 valence electrons. The third-order valence-electron chi connectivity index (χ3n) is 3.90. The number of benzene rings is 1. The van der Waals surface area contributed by atoms with E-state index in [9.17, 15) is 9.90 Å². The van der Waals surface area contributed by atoms with Crippen LogP contribution in [0, 0.1) is 0 Å². The number of aromatic carboxylic acids is 1. The molecule has 4 nitrogen and oxygen atoms in total. The molecule has 6 heteroatoms. The van der Waals surface area contributed by atoms with Crippen LogP contribution in [0.1, 0.15) is 28.5 Å². The van der Waals surface area contributed by atoms with Gasteiger partial charge in [0, 0.05) is 41.2 Å². The molecule has 2 heterocycles. The van der Waals surface area contributed by atoms with Gasteiger partial charge in [0.05, 0.1) is 16.1 Å². The zero-order chi connectivity index (χ0) is 15.1.